The first kappa shape index (κ1) is 35.5. The molecular formula is C46H67NO2. The molecule has 0 saturated heterocycles. The van der Waals surface area contributed by atoms with Crippen LogP contribution in [0, 0.1) is 50.2 Å². The van der Waals surface area contributed by atoms with Gasteiger partial charge in [-0.2, -0.15) is 0 Å². The number of allylic oxidation sites excluding steroid dienone is 2. The van der Waals surface area contributed by atoms with Gasteiger partial charge in [0.2, 0.25) is 0 Å². The predicted molar refractivity (Wildman–Crippen MR) is 203 cm³/mol. The average molecular weight is 666 g/mol. The van der Waals surface area contributed by atoms with Crippen molar-refractivity contribution in [3.8, 4) is 0 Å². The Morgan fingerprint density at radius 2 is 1.37 bits per heavy atom. The van der Waals surface area contributed by atoms with E-state index in [1.807, 2.05) is 5.57 Å². The molecule has 3 nitrogen and oxygen atoms in total. The minimum absolute atomic E-state index is 0.110. The van der Waals surface area contributed by atoms with Gasteiger partial charge in [0.1, 0.15) is 0 Å². The highest BCUT2D eigenvalue weighted by Gasteiger charge is 2.70. The molecule has 4 saturated carbocycles. The number of hydrogen-bond donors (Lipinski definition) is 1. The topological polar surface area (TPSA) is 30.5 Å². The molecule has 0 heterocycles. The standard InChI is InChI=1S/C46H67NO2/c1-40(2)28-36-35-20-21-38-41(3)24-23-39(48-29-33-16-12-10-13-17-33)42(4,32-47-9)37(41)22-25-45(38,7)43(35,5)26-27-44(36,6)46(8,31-40)49-30-34-18-14-11-15-19-34/h10-20,36-39,47H,21-32H2,1-9H3/t36-,37-,38-,39+,41+,42-,43-,44-,45-,46-/m1/s1. The van der Waals surface area contributed by atoms with Crippen molar-refractivity contribution in [2.24, 2.45) is 50.2 Å². The average Bonchev–Trinajstić information content (AvgIpc) is 3.06. The molecule has 0 spiro atoms. The van der Waals surface area contributed by atoms with Gasteiger partial charge >= 0.3 is 0 Å². The maximum Gasteiger partial charge on any atom is 0.0724 e. The summed E-state index contributed by atoms with van der Waals surface area (Å²) in [5.74, 6) is 1.91. The van der Waals surface area contributed by atoms with Crippen LogP contribution in [-0.2, 0) is 22.7 Å². The van der Waals surface area contributed by atoms with Crippen molar-refractivity contribution in [3.05, 3.63) is 83.4 Å². The molecule has 10 atom stereocenters. The van der Waals surface area contributed by atoms with Gasteiger partial charge in [-0.05, 0) is 122 Å². The third kappa shape index (κ3) is 5.45. The lowest BCUT2D eigenvalue weighted by Gasteiger charge is -2.73. The third-order valence-corrected chi connectivity index (χ3v) is 16.6. The Hall–Kier alpha value is -1.94. The predicted octanol–water partition coefficient (Wildman–Crippen LogP) is 11.2. The summed E-state index contributed by atoms with van der Waals surface area (Å²) < 4.78 is 14.0. The van der Waals surface area contributed by atoms with Gasteiger partial charge in [-0.25, -0.2) is 0 Å². The van der Waals surface area contributed by atoms with Gasteiger partial charge in [-0.3, -0.25) is 0 Å². The lowest BCUT2D eigenvalue weighted by molar-refractivity contribution is -0.235. The van der Waals surface area contributed by atoms with E-state index in [2.05, 4.69) is 134 Å². The molecule has 4 fully saturated rings. The van der Waals surface area contributed by atoms with Gasteiger partial charge in [0.15, 0.2) is 0 Å². The van der Waals surface area contributed by atoms with Crippen LogP contribution in [0.25, 0.3) is 0 Å². The summed E-state index contributed by atoms with van der Waals surface area (Å²) in [6, 6.07) is 21.6. The van der Waals surface area contributed by atoms with E-state index in [0.717, 1.165) is 19.4 Å². The Morgan fingerprint density at radius 1 is 0.714 bits per heavy atom. The number of hydrogen-bond acceptors (Lipinski definition) is 3. The summed E-state index contributed by atoms with van der Waals surface area (Å²) in [7, 11) is 2.15. The van der Waals surface area contributed by atoms with E-state index in [9.17, 15) is 0 Å². The minimum atomic E-state index is -0.161. The number of rotatable bonds is 8. The third-order valence-electron chi connectivity index (χ3n) is 16.6. The molecule has 5 aliphatic rings. The second kappa shape index (κ2) is 12.3. The summed E-state index contributed by atoms with van der Waals surface area (Å²) in [6.45, 7) is 23.3. The highest BCUT2D eigenvalue weighted by atomic mass is 16.5. The Kier molecular flexibility index (Phi) is 8.93. The fourth-order valence-electron chi connectivity index (χ4n) is 13.7. The van der Waals surface area contributed by atoms with Crippen LogP contribution in [0.4, 0.5) is 0 Å². The molecule has 0 amide bonds. The number of fused-ring (bicyclic) bond motifs is 7. The zero-order valence-electron chi connectivity index (χ0n) is 32.5. The van der Waals surface area contributed by atoms with Crippen molar-refractivity contribution < 1.29 is 9.47 Å². The van der Waals surface area contributed by atoms with Gasteiger partial charge in [0.05, 0.1) is 24.9 Å². The van der Waals surface area contributed by atoms with Crippen LogP contribution >= 0.6 is 0 Å². The Balaban J connectivity index is 1.19. The van der Waals surface area contributed by atoms with Crippen molar-refractivity contribution in [1.29, 1.82) is 0 Å². The minimum Gasteiger partial charge on any atom is -0.373 e. The first-order chi connectivity index (χ1) is 23.1. The number of nitrogens with one attached hydrogen (secondary N) is 1. The lowest BCUT2D eigenvalue weighted by Crippen LogP contribution is -2.67. The molecule has 2 aromatic carbocycles. The molecule has 0 bridgehead atoms. The molecule has 7 rings (SSSR count). The highest BCUT2D eigenvalue weighted by molar-refractivity contribution is 5.35. The van der Waals surface area contributed by atoms with E-state index in [0.29, 0.717) is 41.8 Å². The Morgan fingerprint density at radius 3 is 2.02 bits per heavy atom. The normalized spacial score (nSPS) is 44.1. The van der Waals surface area contributed by atoms with Crippen molar-refractivity contribution in [1.82, 2.24) is 5.32 Å². The molecule has 2 aromatic rings. The number of ether oxygens (including phenoxy) is 2. The molecule has 49 heavy (non-hydrogen) atoms. The summed E-state index contributed by atoms with van der Waals surface area (Å²) in [5, 5.41) is 3.66. The van der Waals surface area contributed by atoms with Gasteiger partial charge in [-0.15, -0.1) is 0 Å². The second-order valence-corrected chi connectivity index (χ2v) is 19.7. The Bertz CT molecular complexity index is 1520. The van der Waals surface area contributed by atoms with Gasteiger partial charge in [0.25, 0.3) is 0 Å². The van der Waals surface area contributed by atoms with Crippen molar-refractivity contribution >= 4 is 0 Å². The molecule has 0 unspecified atom stereocenters. The van der Waals surface area contributed by atoms with E-state index in [1.165, 1.54) is 56.1 Å². The second-order valence-electron chi connectivity index (χ2n) is 19.7. The van der Waals surface area contributed by atoms with Crippen LogP contribution in [0.15, 0.2) is 72.3 Å². The molecule has 3 heteroatoms. The van der Waals surface area contributed by atoms with E-state index in [1.54, 1.807) is 0 Å². The maximum absolute atomic E-state index is 7.15. The van der Waals surface area contributed by atoms with Crippen LogP contribution < -0.4 is 5.32 Å². The van der Waals surface area contributed by atoms with Gasteiger partial charge in [-0.1, -0.05) is 121 Å². The zero-order valence-corrected chi connectivity index (χ0v) is 32.5. The van der Waals surface area contributed by atoms with Crippen molar-refractivity contribution in [2.75, 3.05) is 13.6 Å². The Labute approximate surface area is 299 Å². The molecule has 0 aromatic heterocycles. The van der Waals surface area contributed by atoms with Crippen molar-refractivity contribution in [3.63, 3.8) is 0 Å². The first-order valence-corrected chi connectivity index (χ1v) is 19.8. The monoisotopic (exact) mass is 666 g/mol. The zero-order chi connectivity index (χ0) is 34.9. The van der Waals surface area contributed by atoms with E-state index in [-0.39, 0.29) is 33.4 Å². The van der Waals surface area contributed by atoms with E-state index in [4.69, 9.17) is 9.47 Å². The van der Waals surface area contributed by atoms with E-state index >= 15 is 0 Å². The van der Waals surface area contributed by atoms with E-state index < -0.39 is 0 Å². The fraction of sp³-hybridized carbons (Fsp3) is 0.696. The molecule has 268 valence electrons. The van der Waals surface area contributed by atoms with Crippen LogP contribution in [0.5, 0.6) is 0 Å². The quantitative estimate of drug-likeness (QED) is 0.285. The van der Waals surface area contributed by atoms with Crippen LogP contribution in [0.3, 0.4) is 0 Å². The summed E-state index contributed by atoms with van der Waals surface area (Å²) >= 11 is 0. The van der Waals surface area contributed by atoms with Crippen LogP contribution in [0.1, 0.15) is 124 Å². The fourth-order valence-corrected chi connectivity index (χ4v) is 13.7. The molecule has 0 aliphatic heterocycles. The summed E-state index contributed by atoms with van der Waals surface area (Å²) in [4.78, 5) is 0. The number of benzene rings is 2. The van der Waals surface area contributed by atoms with Gasteiger partial charge < -0.3 is 14.8 Å². The largest absolute Gasteiger partial charge is 0.373 e. The SMILES string of the molecule is CNC[C@]1(C)[C@@H]2CC[C@]3(C)[C@H](CC=C4[C@H]5CC(C)(C)C[C@@](C)(OCc6ccccc6)[C@]5(C)CC[C@]43C)[C@@]2(C)CC[C@@H]1OCc1ccccc1. The highest BCUT2D eigenvalue weighted by Crippen LogP contribution is 2.76. The molecule has 5 aliphatic carbocycles. The molecule has 1 N–H and O–H groups in total. The first-order valence-electron chi connectivity index (χ1n) is 19.8. The summed E-state index contributed by atoms with van der Waals surface area (Å²) in [5.41, 5.74) is 5.52. The van der Waals surface area contributed by atoms with Gasteiger partial charge in [0, 0.05) is 17.4 Å². The molecular weight excluding hydrogens is 599 g/mol. The maximum atomic E-state index is 7.15. The van der Waals surface area contributed by atoms with Crippen molar-refractivity contribution in [2.45, 2.75) is 138 Å². The smallest absolute Gasteiger partial charge is 0.0724 e. The van der Waals surface area contributed by atoms with Crippen LogP contribution in [-0.4, -0.2) is 25.3 Å². The van der Waals surface area contributed by atoms with Crippen LogP contribution in [0.2, 0.25) is 0 Å². The summed E-state index contributed by atoms with van der Waals surface area (Å²) in [6.07, 6.45) is 14.3. The lowest BCUT2D eigenvalue weighted by atomic mass is 9.33. The molecule has 0 radical (unpaired) electrons.